The van der Waals surface area contributed by atoms with E-state index in [1.54, 1.807) is 32.6 Å². The number of esters is 1. The molecule has 0 aliphatic heterocycles. The van der Waals surface area contributed by atoms with E-state index >= 15 is 0 Å². The SMILES string of the molecule is CCCCCN(C(=O)C(CC(C)C)NC(=O)OC(C)(C)C)C(C(=O)NCCC(=O)OCC)c1cc(C)ccc1C. The second kappa shape index (κ2) is 16.9. The maximum atomic E-state index is 14.3. The summed E-state index contributed by atoms with van der Waals surface area (Å²) in [5.74, 6) is -1.04. The van der Waals surface area contributed by atoms with Crippen molar-refractivity contribution in [1.82, 2.24) is 15.5 Å². The van der Waals surface area contributed by atoms with Crippen molar-refractivity contribution in [2.24, 2.45) is 5.92 Å². The van der Waals surface area contributed by atoms with Crippen LogP contribution in [0.2, 0.25) is 0 Å². The highest BCUT2D eigenvalue weighted by Crippen LogP contribution is 2.28. The van der Waals surface area contributed by atoms with Gasteiger partial charge in [0, 0.05) is 13.1 Å². The van der Waals surface area contributed by atoms with Crippen molar-refractivity contribution in [3.63, 3.8) is 0 Å². The molecule has 0 radical (unpaired) electrons. The van der Waals surface area contributed by atoms with Gasteiger partial charge in [-0.05, 0) is 71.4 Å². The van der Waals surface area contributed by atoms with Crippen LogP contribution in [0.5, 0.6) is 0 Å². The first-order valence-electron chi connectivity index (χ1n) is 14.5. The first-order chi connectivity index (χ1) is 18.7. The predicted molar refractivity (Wildman–Crippen MR) is 157 cm³/mol. The Hall–Kier alpha value is -3.10. The number of rotatable bonds is 15. The third kappa shape index (κ3) is 12.4. The van der Waals surface area contributed by atoms with E-state index in [2.05, 4.69) is 17.6 Å². The summed E-state index contributed by atoms with van der Waals surface area (Å²) in [5.41, 5.74) is 1.80. The highest BCUT2D eigenvalue weighted by atomic mass is 16.6. The van der Waals surface area contributed by atoms with Gasteiger partial charge in [-0.2, -0.15) is 0 Å². The Bertz CT molecular complexity index is 986. The molecule has 0 heterocycles. The van der Waals surface area contributed by atoms with Crippen LogP contribution in [0.25, 0.3) is 0 Å². The highest BCUT2D eigenvalue weighted by Gasteiger charge is 2.37. The van der Waals surface area contributed by atoms with Crippen molar-refractivity contribution in [2.45, 2.75) is 112 Å². The summed E-state index contributed by atoms with van der Waals surface area (Å²) < 4.78 is 10.4. The molecule has 226 valence electrons. The number of carbonyl (C=O) groups excluding carboxylic acids is 4. The molecule has 9 heteroatoms. The van der Waals surface area contributed by atoms with Crippen LogP contribution < -0.4 is 10.6 Å². The van der Waals surface area contributed by atoms with E-state index in [0.29, 0.717) is 24.9 Å². The van der Waals surface area contributed by atoms with Crippen LogP contribution in [-0.4, -0.2) is 60.1 Å². The third-order valence-electron chi connectivity index (χ3n) is 6.20. The Labute approximate surface area is 240 Å². The molecular formula is C31H51N3O6. The normalized spacial score (nSPS) is 12.8. The zero-order valence-electron chi connectivity index (χ0n) is 26.0. The summed E-state index contributed by atoms with van der Waals surface area (Å²) >= 11 is 0. The topological polar surface area (TPSA) is 114 Å². The summed E-state index contributed by atoms with van der Waals surface area (Å²) in [6.45, 7) is 17.6. The third-order valence-corrected chi connectivity index (χ3v) is 6.20. The number of nitrogens with one attached hydrogen (secondary N) is 2. The molecule has 1 aromatic carbocycles. The monoisotopic (exact) mass is 561 g/mol. The highest BCUT2D eigenvalue weighted by molar-refractivity contribution is 5.92. The summed E-state index contributed by atoms with van der Waals surface area (Å²) in [6.07, 6.45) is 2.24. The maximum absolute atomic E-state index is 14.3. The molecule has 2 unspecified atom stereocenters. The molecule has 0 saturated heterocycles. The fraction of sp³-hybridized carbons (Fsp3) is 0.677. The van der Waals surface area contributed by atoms with Crippen LogP contribution in [0.15, 0.2) is 18.2 Å². The fourth-order valence-corrected chi connectivity index (χ4v) is 4.36. The van der Waals surface area contributed by atoms with Crippen LogP contribution in [0.4, 0.5) is 4.79 Å². The first-order valence-corrected chi connectivity index (χ1v) is 14.5. The van der Waals surface area contributed by atoms with E-state index in [9.17, 15) is 19.2 Å². The molecule has 0 fully saturated rings. The lowest BCUT2D eigenvalue weighted by molar-refractivity contribution is -0.144. The van der Waals surface area contributed by atoms with Crippen LogP contribution in [-0.2, 0) is 23.9 Å². The molecule has 0 saturated carbocycles. The predicted octanol–water partition coefficient (Wildman–Crippen LogP) is 5.37. The number of nitrogens with zero attached hydrogens (tertiary/aromatic N) is 1. The smallest absolute Gasteiger partial charge is 0.408 e. The molecule has 2 N–H and O–H groups in total. The molecule has 0 aliphatic rings. The van der Waals surface area contributed by atoms with Crippen LogP contribution >= 0.6 is 0 Å². The molecule has 3 amide bonds. The quantitative estimate of drug-likeness (QED) is 0.220. The molecule has 1 rings (SSSR count). The van der Waals surface area contributed by atoms with Gasteiger partial charge in [-0.25, -0.2) is 4.79 Å². The molecular weight excluding hydrogens is 510 g/mol. The lowest BCUT2D eigenvalue weighted by Gasteiger charge is -2.35. The van der Waals surface area contributed by atoms with Crippen molar-refractivity contribution in [1.29, 1.82) is 0 Å². The van der Waals surface area contributed by atoms with Gasteiger partial charge in [-0.15, -0.1) is 0 Å². The fourth-order valence-electron chi connectivity index (χ4n) is 4.36. The van der Waals surface area contributed by atoms with E-state index < -0.39 is 29.7 Å². The molecule has 0 spiro atoms. The van der Waals surface area contributed by atoms with E-state index in [0.717, 1.165) is 24.0 Å². The number of aryl methyl sites for hydroxylation is 2. The Morgan fingerprint density at radius 1 is 1.02 bits per heavy atom. The number of alkyl carbamates (subject to hydrolysis) is 1. The Morgan fingerprint density at radius 3 is 2.27 bits per heavy atom. The zero-order valence-corrected chi connectivity index (χ0v) is 26.0. The van der Waals surface area contributed by atoms with Gasteiger partial charge in [-0.3, -0.25) is 14.4 Å². The van der Waals surface area contributed by atoms with E-state index in [1.807, 2.05) is 45.9 Å². The van der Waals surface area contributed by atoms with E-state index in [4.69, 9.17) is 9.47 Å². The number of hydrogen-bond donors (Lipinski definition) is 2. The van der Waals surface area contributed by atoms with Gasteiger partial charge in [0.2, 0.25) is 11.8 Å². The lowest BCUT2D eigenvalue weighted by Crippen LogP contribution is -2.53. The summed E-state index contributed by atoms with van der Waals surface area (Å²) in [7, 11) is 0. The zero-order chi connectivity index (χ0) is 30.5. The molecule has 40 heavy (non-hydrogen) atoms. The lowest BCUT2D eigenvalue weighted by atomic mass is 9.94. The second-order valence-corrected chi connectivity index (χ2v) is 11.7. The van der Waals surface area contributed by atoms with Gasteiger partial charge in [0.15, 0.2) is 0 Å². The van der Waals surface area contributed by atoms with Crippen molar-refractivity contribution >= 4 is 23.9 Å². The van der Waals surface area contributed by atoms with Crippen molar-refractivity contribution in [3.05, 3.63) is 34.9 Å². The van der Waals surface area contributed by atoms with E-state index in [1.165, 1.54) is 0 Å². The Balaban J connectivity index is 3.51. The standard InChI is InChI=1S/C31H51N3O6/c1-10-12-13-18-34(29(37)25(19-21(3)4)33-30(38)40-31(7,8)9)27(24-20-22(5)14-15-23(24)6)28(36)32-17-16-26(35)39-11-2/h14-15,20-21,25,27H,10-13,16-19H2,1-9H3,(H,32,36)(H,33,38). The van der Waals surface area contributed by atoms with Gasteiger partial charge in [-0.1, -0.05) is 57.4 Å². The Kier molecular flexibility index (Phi) is 14.7. The van der Waals surface area contributed by atoms with Crippen molar-refractivity contribution in [3.8, 4) is 0 Å². The maximum Gasteiger partial charge on any atom is 0.408 e. The van der Waals surface area contributed by atoms with E-state index in [-0.39, 0.29) is 37.3 Å². The van der Waals surface area contributed by atoms with Gasteiger partial charge >= 0.3 is 12.1 Å². The summed E-state index contributed by atoms with van der Waals surface area (Å²) in [4.78, 5) is 54.3. The largest absolute Gasteiger partial charge is 0.466 e. The molecule has 2 atom stereocenters. The van der Waals surface area contributed by atoms with Crippen LogP contribution in [0.3, 0.4) is 0 Å². The minimum Gasteiger partial charge on any atom is -0.466 e. The number of carbonyl (C=O) groups is 4. The number of hydrogen-bond acceptors (Lipinski definition) is 6. The molecule has 1 aromatic rings. The summed E-state index contributed by atoms with van der Waals surface area (Å²) in [6, 6.07) is 3.99. The van der Waals surface area contributed by atoms with Gasteiger partial charge in [0.25, 0.3) is 0 Å². The van der Waals surface area contributed by atoms with Crippen LogP contribution in [0, 0.1) is 19.8 Å². The van der Waals surface area contributed by atoms with Gasteiger partial charge < -0.3 is 25.0 Å². The average molecular weight is 562 g/mol. The second-order valence-electron chi connectivity index (χ2n) is 11.7. The average Bonchev–Trinajstić information content (AvgIpc) is 2.83. The van der Waals surface area contributed by atoms with Gasteiger partial charge in [0.05, 0.1) is 13.0 Å². The number of benzene rings is 1. The number of amides is 3. The molecule has 0 bridgehead atoms. The van der Waals surface area contributed by atoms with Crippen molar-refractivity contribution in [2.75, 3.05) is 19.7 Å². The number of unbranched alkanes of at least 4 members (excludes halogenated alkanes) is 2. The minimum atomic E-state index is -0.943. The first kappa shape index (κ1) is 34.9. The molecule has 0 aliphatic carbocycles. The van der Waals surface area contributed by atoms with Gasteiger partial charge in [0.1, 0.15) is 17.7 Å². The van der Waals surface area contributed by atoms with Crippen molar-refractivity contribution < 1.29 is 28.7 Å². The van der Waals surface area contributed by atoms with Crippen LogP contribution in [0.1, 0.15) is 103 Å². The molecule has 9 nitrogen and oxygen atoms in total. The number of ether oxygens (including phenoxy) is 2. The molecule has 0 aromatic heterocycles. The minimum absolute atomic E-state index is 0.0268. The summed E-state index contributed by atoms with van der Waals surface area (Å²) in [5, 5.41) is 5.62. The Morgan fingerprint density at radius 2 is 1.70 bits per heavy atom.